The number of para-hydroxylation sites is 3. The van der Waals surface area contributed by atoms with Gasteiger partial charge in [-0.2, -0.15) is 0 Å². The van der Waals surface area contributed by atoms with Crippen molar-refractivity contribution >= 4 is 28.2 Å². The molecular weight excluding hydrogens is 759 g/mol. The van der Waals surface area contributed by atoms with Gasteiger partial charge in [-0.3, -0.25) is 4.90 Å². The molecule has 5 nitrogen and oxygen atoms in total. The molecule has 7 aromatic rings. The Labute approximate surface area is 289 Å². The number of anilines is 3. The van der Waals surface area contributed by atoms with Crippen molar-refractivity contribution in [1.82, 2.24) is 9.97 Å². The van der Waals surface area contributed by atoms with Gasteiger partial charge in [0, 0.05) is 38.2 Å². The maximum Gasteiger partial charge on any atom is 0.238 e. The zero-order valence-electron chi connectivity index (χ0n) is 26.4. The van der Waals surface area contributed by atoms with Crippen LogP contribution in [0.2, 0.25) is 0 Å². The third-order valence-electron chi connectivity index (χ3n) is 7.59. The zero-order chi connectivity index (χ0) is 31.5. The SMILES string of the molecule is CC(C)(C)Cc1ccc(-c2[c-]ccc3c4c(oc23)N(c2ccccc2)c2ccccc2O4)nc1.[Ir].[c-]1ccccc1-c1ccccn1. The van der Waals surface area contributed by atoms with E-state index < -0.39 is 0 Å². The molecule has 235 valence electrons. The van der Waals surface area contributed by atoms with E-state index in [-0.39, 0.29) is 25.5 Å². The van der Waals surface area contributed by atoms with Gasteiger partial charge in [0.2, 0.25) is 5.88 Å². The standard InChI is InChI=1S/C30H25N2O2.C11H8N.Ir/c1-30(2,3)18-20-16-17-24(31-19-20)22-12-9-13-23-27(22)34-29-28(23)33-26-15-8-7-14-25(26)32(29)21-10-5-4-6-11-21;1-2-6-10(7-3-1)11-8-4-5-9-12-11;/h4-11,13-17,19H,18H2,1-3H3;1-6,8-9H;/q2*-1;. The molecule has 8 rings (SSSR count). The number of fused-ring (bicyclic) bond motifs is 4. The first kappa shape index (κ1) is 31.9. The maximum atomic E-state index is 6.54. The molecule has 47 heavy (non-hydrogen) atoms. The maximum absolute atomic E-state index is 6.54. The van der Waals surface area contributed by atoms with E-state index in [1.165, 1.54) is 5.56 Å². The topological polar surface area (TPSA) is 51.4 Å². The molecule has 0 N–H and O–H groups in total. The molecule has 1 aliphatic rings. The van der Waals surface area contributed by atoms with E-state index in [9.17, 15) is 0 Å². The summed E-state index contributed by atoms with van der Waals surface area (Å²) in [4.78, 5) is 11.1. The van der Waals surface area contributed by atoms with Crippen molar-refractivity contribution in [2.75, 3.05) is 4.90 Å². The second-order valence-corrected chi connectivity index (χ2v) is 12.4. The van der Waals surface area contributed by atoms with E-state index >= 15 is 0 Å². The summed E-state index contributed by atoms with van der Waals surface area (Å²) in [5.74, 6) is 2.16. The summed E-state index contributed by atoms with van der Waals surface area (Å²) in [7, 11) is 0. The molecule has 4 heterocycles. The molecule has 0 spiro atoms. The molecule has 1 aliphatic heterocycles. The number of benzene rings is 4. The molecule has 0 atom stereocenters. The molecular formula is C41H33IrN3O2-2. The summed E-state index contributed by atoms with van der Waals surface area (Å²) in [6.07, 6.45) is 4.72. The van der Waals surface area contributed by atoms with Crippen molar-refractivity contribution in [3.63, 3.8) is 0 Å². The van der Waals surface area contributed by atoms with Gasteiger partial charge in [-0.05, 0) is 64.5 Å². The first-order valence-electron chi connectivity index (χ1n) is 15.4. The predicted octanol–water partition coefficient (Wildman–Crippen LogP) is 11.0. The van der Waals surface area contributed by atoms with Crippen LogP contribution in [0.3, 0.4) is 0 Å². The van der Waals surface area contributed by atoms with Gasteiger partial charge in [0.05, 0.1) is 11.3 Å². The predicted molar refractivity (Wildman–Crippen MR) is 185 cm³/mol. The van der Waals surface area contributed by atoms with Crippen molar-refractivity contribution in [1.29, 1.82) is 0 Å². The molecule has 0 fully saturated rings. The Morgan fingerprint density at radius 3 is 2.23 bits per heavy atom. The van der Waals surface area contributed by atoms with Gasteiger partial charge in [-0.1, -0.05) is 80.9 Å². The van der Waals surface area contributed by atoms with Crippen molar-refractivity contribution < 1.29 is 29.3 Å². The van der Waals surface area contributed by atoms with Crippen LogP contribution in [0.5, 0.6) is 11.5 Å². The Morgan fingerprint density at radius 2 is 1.51 bits per heavy atom. The fourth-order valence-corrected chi connectivity index (χ4v) is 5.61. The molecule has 4 aromatic carbocycles. The third kappa shape index (κ3) is 6.90. The Bertz CT molecular complexity index is 2030. The average Bonchev–Trinajstić information content (AvgIpc) is 3.46. The van der Waals surface area contributed by atoms with E-state index in [2.05, 4.69) is 67.1 Å². The van der Waals surface area contributed by atoms with E-state index in [0.717, 1.165) is 57.0 Å². The monoisotopic (exact) mass is 792 g/mol. The number of hydrogen-bond donors (Lipinski definition) is 0. The Kier molecular flexibility index (Phi) is 9.35. The van der Waals surface area contributed by atoms with Gasteiger partial charge >= 0.3 is 0 Å². The minimum Gasteiger partial charge on any atom is -0.484 e. The van der Waals surface area contributed by atoms with E-state index in [1.807, 2.05) is 103 Å². The minimum absolute atomic E-state index is 0. The van der Waals surface area contributed by atoms with Crippen LogP contribution in [-0.4, -0.2) is 9.97 Å². The quantitative estimate of drug-likeness (QED) is 0.166. The van der Waals surface area contributed by atoms with Crippen molar-refractivity contribution in [2.24, 2.45) is 5.41 Å². The van der Waals surface area contributed by atoms with Gasteiger partial charge < -0.3 is 19.1 Å². The van der Waals surface area contributed by atoms with Crippen LogP contribution in [0.15, 0.2) is 138 Å². The first-order chi connectivity index (χ1) is 22.4. The van der Waals surface area contributed by atoms with Crippen LogP contribution in [0, 0.1) is 17.5 Å². The minimum atomic E-state index is 0. The molecule has 0 saturated carbocycles. The average molecular weight is 792 g/mol. The summed E-state index contributed by atoms with van der Waals surface area (Å²) in [5, 5.41) is 0.903. The number of rotatable bonds is 4. The smallest absolute Gasteiger partial charge is 0.238 e. The molecule has 1 radical (unpaired) electrons. The second kappa shape index (κ2) is 13.8. The van der Waals surface area contributed by atoms with E-state index in [4.69, 9.17) is 14.1 Å². The zero-order valence-corrected chi connectivity index (χ0v) is 28.8. The Balaban J connectivity index is 0.000000250. The number of ether oxygens (including phenoxy) is 1. The normalized spacial score (nSPS) is 11.8. The molecule has 3 aromatic heterocycles. The third-order valence-corrected chi connectivity index (χ3v) is 7.59. The van der Waals surface area contributed by atoms with Crippen molar-refractivity contribution in [3.05, 3.63) is 151 Å². The molecule has 0 aliphatic carbocycles. The van der Waals surface area contributed by atoms with E-state index in [1.54, 1.807) is 6.20 Å². The van der Waals surface area contributed by atoms with Crippen molar-refractivity contribution in [3.8, 4) is 34.0 Å². The molecule has 0 amide bonds. The largest absolute Gasteiger partial charge is 0.484 e. The molecule has 0 saturated heterocycles. The van der Waals surface area contributed by atoms with E-state index in [0.29, 0.717) is 11.6 Å². The van der Waals surface area contributed by atoms with Crippen LogP contribution in [-0.2, 0) is 26.5 Å². The van der Waals surface area contributed by atoms with Gasteiger partial charge in [0.15, 0.2) is 11.5 Å². The second-order valence-electron chi connectivity index (χ2n) is 12.4. The van der Waals surface area contributed by atoms with Crippen molar-refractivity contribution in [2.45, 2.75) is 27.2 Å². The summed E-state index contributed by atoms with van der Waals surface area (Å²) in [6, 6.07) is 46.5. The van der Waals surface area contributed by atoms with Gasteiger partial charge in [-0.15, -0.1) is 54.1 Å². The summed E-state index contributed by atoms with van der Waals surface area (Å²) in [6.45, 7) is 6.71. The van der Waals surface area contributed by atoms with Gasteiger partial charge in [-0.25, -0.2) is 0 Å². The Morgan fingerprint density at radius 1 is 0.723 bits per heavy atom. The summed E-state index contributed by atoms with van der Waals surface area (Å²) >= 11 is 0. The number of furan rings is 1. The van der Waals surface area contributed by atoms with Crippen LogP contribution in [0.1, 0.15) is 26.3 Å². The van der Waals surface area contributed by atoms with Gasteiger partial charge in [0.25, 0.3) is 0 Å². The fourth-order valence-electron chi connectivity index (χ4n) is 5.61. The molecule has 6 heteroatoms. The number of nitrogens with zero attached hydrogens (tertiary/aromatic N) is 3. The number of hydrogen-bond acceptors (Lipinski definition) is 5. The summed E-state index contributed by atoms with van der Waals surface area (Å²) in [5.41, 5.74) is 7.77. The molecule has 0 bridgehead atoms. The first-order valence-corrected chi connectivity index (χ1v) is 15.4. The van der Waals surface area contributed by atoms with Crippen LogP contribution in [0.25, 0.3) is 33.5 Å². The van der Waals surface area contributed by atoms with Crippen LogP contribution >= 0.6 is 0 Å². The summed E-state index contributed by atoms with van der Waals surface area (Å²) < 4.78 is 12.9. The number of pyridine rings is 2. The Hall–Kier alpha value is -5.03. The fraction of sp³-hybridized carbons (Fsp3) is 0.122. The van der Waals surface area contributed by atoms with Crippen LogP contribution < -0.4 is 9.64 Å². The number of aromatic nitrogens is 2. The molecule has 0 unspecified atom stereocenters. The van der Waals surface area contributed by atoms with Gasteiger partial charge in [0.1, 0.15) is 0 Å². The van der Waals surface area contributed by atoms with Crippen LogP contribution in [0.4, 0.5) is 17.3 Å².